The molecule has 4 aromatic rings. The molecule has 166 valence electrons. The molecule has 0 spiro atoms. The normalized spacial score (nSPS) is 27.9. The first kappa shape index (κ1) is 20.2. The van der Waals surface area contributed by atoms with E-state index in [1.54, 1.807) is 41.3 Å². The summed E-state index contributed by atoms with van der Waals surface area (Å²) < 4.78 is 0. The number of aromatic nitrogens is 6. The average molecular weight is 467 g/mol. The molecule has 2 fully saturated rings. The summed E-state index contributed by atoms with van der Waals surface area (Å²) in [5.74, 6) is 0. The maximum Gasteiger partial charge on any atom is 0.188 e. The van der Waals surface area contributed by atoms with E-state index in [-0.39, 0.29) is 11.1 Å². The van der Waals surface area contributed by atoms with Crippen molar-refractivity contribution in [2.45, 2.75) is 56.7 Å². The van der Waals surface area contributed by atoms with Gasteiger partial charge >= 0.3 is 0 Å². The van der Waals surface area contributed by atoms with Crippen molar-refractivity contribution < 1.29 is 0 Å². The fourth-order valence-electron chi connectivity index (χ4n) is 5.39. The third-order valence-corrected chi connectivity index (χ3v) is 9.79. The van der Waals surface area contributed by atoms with Crippen molar-refractivity contribution in [1.29, 1.82) is 0 Å². The van der Waals surface area contributed by atoms with Crippen LogP contribution in [0.2, 0.25) is 0 Å². The van der Waals surface area contributed by atoms with Crippen LogP contribution in [0.15, 0.2) is 24.8 Å². The monoisotopic (exact) mass is 466 g/mol. The number of nitrogens with zero attached hydrogens (tertiary/aromatic N) is 7. The summed E-state index contributed by atoms with van der Waals surface area (Å²) in [7, 11) is 4.50. The van der Waals surface area contributed by atoms with Crippen LogP contribution in [-0.4, -0.2) is 66.2 Å². The zero-order chi connectivity index (χ0) is 22.1. The lowest BCUT2D eigenvalue weighted by Crippen LogP contribution is -2.59. The number of anilines is 1. The van der Waals surface area contributed by atoms with E-state index < -0.39 is 0 Å². The fourth-order valence-corrected chi connectivity index (χ4v) is 7.42. The zero-order valence-corrected chi connectivity index (χ0v) is 20.3. The quantitative estimate of drug-likeness (QED) is 0.476. The molecule has 10 heteroatoms. The first-order valence-corrected chi connectivity index (χ1v) is 12.5. The maximum atomic E-state index is 4.95. The van der Waals surface area contributed by atoms with E-state index in [9.17, 15) is 0 Å². The number of hydrogen-bond acceptors (Lipinski definition) is 9. The first-order valence-electron chi connectivity index (χ1n) is 10.9. The number of thiazole rings is 2. The van der Waals surface area contributed by atoms with Gasteiger partial charge in [0.2, 0.25) is 0 Å². The van der Waals surface area contributed by atoms with Gasteiger partial charge in [-0.15, -0.1) is 0 Å². The molecular formula is C22H26N8S2. The van der Waals surface area contributed by atoms with Crippen LogP contribution < -0.4 is 4.90 Å². The van der Waals surface area contributed by atoms with Gasteiger partial charge in [0.05, 0.1) is 24.3 Å². The molecule has 2 aliphatic heterocycles. The van der Waals surface area contributed by atoms with Crippen LogP contribution in [0.1, 0.15) is 39.5 Å². The van der Waals surface area contributed by atoms with Crippen LogP contribution in [0.3, 0.4) is 0 Å². The lowest BCUT2D eigenvalue weighted by atomic mass is 9.82. The summed E-state index contributed by atoms with van der Waals surface area (Å²) in [5.41, 5.74) is 3.05. The molecule has 6 rings (SSSR count). The van der Waals surface area contributed by atoms with Gasteiger partial charge in [0.1, 0.15) is 10.7 Å². The SMILES string of the molecule is CN(c1nc2sc(-c3cnc(-c4cn[nH]c4)cn3)nc2s1)[C@H]1C[C@]2(C)CC[C@](C)(C1)N2C. The van der Waals surface area contributed by atoms with Gasteiger partial charge in [-0.2, -0.15) is 5.10 Å². The zero-order valence-electron chi connectivity index (χ0n) is 18.7. The minimum absolute atomic E-state index is 0.285. The van der Waals surface area contributed by atoms with E-state index >= 15 is 0 Å². The van der Waals surface area contributed by atoms with E-state index in [1.807, 2.05) is 6.20 Å². The smallest absolute Gasteiger partial charge is 0.188 e. The predicted molar refractivity (Wildman–Crippen MR) is 129 cm³/mol. The summed E-state index contributed by atoms with van der Waals surface area (Å²) in [6.45, 7) is 4.84. The number of hydrogen-bond donors (Lipinski definition) is 1. The molecule has 6 heterocycles. The Balaban J connectivity index is 1.23. The summed E-state index contributed by atoms with van der Waals surface area (Å²) in [6, 6.07) is 0.504. The van der Waals surface area contributed by atoms with Crippen LogP contribution >= 0.6 is 22.7 Å². The van der Waals surface area contributed by atoms with Crippen molar-refractivity contribution in [2.24, 2.45) is 0 Å². The molecule has 0 aromatic carbocycles. The molecule has 0 radical (unpaired) electrons. The Morgan fingerprint density at radius 1 is 1.00 bits per heavy atom. The highest BCUT2D eigenvalue weighted by Gasteiger charge is 2.54. The van der Waals surface area contributed by atoms with Crippen LogP contribution in [0.4, 0.5) is 5.13 Å². The highest BCUT2D eigenvalue weighted by atomic mass is 32.1. The Labute approximate surface area is 194 Å². The van der Waals surface area contributed by atoms with E-state index in [2.05, 4.69) is 57.9 Å². The molecule has 8 nitrogen and oxygen atoms in total. The van der Waals surface area contributed by atoms with Crippen molar-refractivity contribution >= 4 is 37.5 Å². The minimum Gasteiger partial charge on any atom is -0.348 e. The highest BCUT2D eigenvalue weighted by molar-refractivity contribution is 7.29. The molecule has 4 aromatic heterocycles. The second-order valence-electron chi connectivity index (χ2n) is 9.63. The van der Waals surface area contributed by atoms with Crippen molar-refractivity contribution in [3.8, 4) is 22.0 Å². The molecule has 0 saturated carbocycles. The number of H-pyrrole nitrogens is 1. The Bertz CT molecular complexity index is 1210. The first-order chi connectivity index (χ1) is 15.3. The van der Waals surface area contributed by atoms with Gasteiger partial charge in [-0.25, -0.2) is 15.0 Å². The minimum atomic E-state index is 0.285. The molecular weight excluding hydrogens is 440 g/mol. The van der Waals surface area contributed by atoms with E-state index in [0.29, 0.717) is 6.04 Å². The van der Waals surface area contributed by atoms with Gasteiger partial charge in [-0.3, -0.25) is 15.0 Å². The Morgan fingerprint density at radius 3 is 2.31 bits per heavy atom. The summed E-state index contributed by atoms with van der Waals surface area (Å²) in [4.78, 5) is 25.8. The Hall–Kier alpha value is -2.43. The topological polar surface area (TPSA) is 86.7 Å². The number of nitrogens with one attached hydrogen (secondary N) is 1. The maximum absolute atomic E-state index is 4.95. The Kier molecular flexibility index (Phi) is 4.44. The second-order valence-corrected chi connectivity index (χ2v) is 11.6. The van der Waals surface area contributed by atoms with E-state index in [1.165, 1.54) is 25.7 Å². The fraction of sp³-hybridized carbons (Fsp3) is 0.500. The summed E-state index contributed by atoms with van der Waals surface area (Å²) >= 11 is 3.26. The number of aromatic amines is 1. The average Bonchev–Trinajstić information content (AvgIpc) is 3.54. The molecule has 2 saturated heterocycles. The largest absolute Gasteiger partial charge is 0.348 e. The number of piperidine rings is 1. The Morgan fingerprint density at radius 2 is 1.69 bits per heavy atom. The van der Waals surface area contributed by atoms with Crippen LogP contribution in [0, 0.1) is 0 Å². The predicted octanol–water partition coefficient (Wildman–Crippen LogP) is 4.44. The third kappa shape index (κ3) is 3.07. The third-order valence-electron chi connectivity index (χ3n) is 7.65. The van der Waals surface area contributed by atoms with Gasteiger partial charge in [0, 0.05) is 35.9 Å². The lowest BCUT2D eigenvalue weighted by Gasteiger charge is -2.51. The molecule has 0 aliphatic carbocycles. The van der Waals surface area contributed by atoms with Gasteiger partial charge in [-0.1, -0.05) is 22.7 Å². The van der Waals surface area contributed by atoms with Crippen molar-refractivity contribution in [2.75, 3.05) is 19.0 Å². The van der Waals surface area contributed by atoms with Crippen molar-refractivity contribution in [1.82, 2.24) is 35.0 Å². The molecule has 2 bridgehead atoms. The molecule has 1 N–H and O–H groups in total. The summed E-state index contributed by atoms with van der Waals surface area (Å²) in [6.07, 6.45) is 12.0. The lowest BCUT2D eigenvalue weighted by molar-refractivity contribution is 0.0274. The van der Waals surface area contributed by atoms with Crippen LogP contribution in [-0.2, 0) is 0 Å². The van der Waals surface area contributed by atoms with Gasteiger partial charge < -0.3 is 4.90 Å². The number of fused-ring (bicyclic) bond motifs is 3. The van der Waals surface area contributed by atoms with Gasteiger partial charge in [0.15, 0.2) is 14.8 Å². The van der Waals surface area contributed by atoms with E-state index in [0.717, 1.165) is 36.8 Å². The molecule has 32 heavy (non-hydrogen) atoms. The highest BCUT2D eigenvalue weighted by Crippen LogP contribution is 2.51. The molecule has 0 amide bonds. The van der Waals surface area contributed by atoms with Crippen molar-refractivity contribution in [3.63, 3.8) is 0 Å². The second kappa shape index (κ2) is 7.03. The van der Waals surface area contributed by atoms with Crippen LogP contribution in [0.25, 0.3) is 31.6 Å². The van der Waals surface area contributed by atoms with Crippen LogP contribution in [0.5, 0.6) is 0 Å². The molecule has 0 unspecified atom stereocenters. The van der Waals surface area contributed by atoms with Gasteiger partial charge in [0.25, 0.3) is 0 Å². The van der Waals surface area contributed by atoms with Crippen molar-refractivity contribution in [3.05, 3.63) is 24.8 Å². The van der Waals surface area contributed by atoms with E-state index in [4.69, 9.17) is 9.97 Å². The summed E-state index contributed by atoms with van der Waals surface area (Å²) in [5, 5.41) is 8.68. The standard InChI is InChI=1S/C22H26N8S2/c1-21-5-6-22(2,30(21)4)8-14(7-21)29(3)20-28-19-18(32-20)27-17(31-19)16-12-23-15(11-24-16)13-9-25-26-10-13/h9-12,14H,5-8H2,1-4H3,(H,25,26)/t14-,21-,22+. The molecule has 2 aliphatic rings. The molecule has 3 atom stereocenters. The van der Waals surface area contributed by atoms with Gasteiger partial charge in [-0.05, 0) is 46.6 Å². The number of rotatable bonds is 4.